The van der Waals surface area contributed by atoms with Crippen molar-refractivity contribution >= 4 is 16.1 Å². The van der Waals surface area contributed by atoms with Gasteiger partial charge in [-0.25, -0.2) is 4.34 Å². The van der Waals surface area contributed by atoms with Crippen LogP contribution in [0.1, 0.15) is 0 Å². The molecule has 9 heavy (non-hydrogen) atoms. The number of hydrogen-bond acceptors (Lipinski definition) is 4. The van der Waals surface area contributed by atoms with Crippen LogP contribution in [0.5, 0.6) is 0 Å². The molecule has 0 aromatic rings. The van der Waals surface area contributed by atoms with Crippen molar-refractivity contribution in [3.8, 4) is 0 Å². The lowest BCUT2D eigenvalue weighted by atomic mass is 10.1. The second-order valence-electron chi connectivity index (χ2n) is 1.85. The molecular weight excluding hydrogens is 190 g/mol. The zero-order chi connectivity index (χ0) is 7.33. The Morgan fingerprint density at radius 3 is 1.44 bits per heavy atom. The summed E-state index contributed by atoms with van der Waals surface area (Å²) in [6, 6.07) is 0. The molecule has 0 aromatic carbocycles. The summed E-state index contributed by atoms with van der Waals surface area (Å²) in [5, 5.41) is 25.7. The third kappa shape index (κ3) is 2.19. The summed E-state index contributed by atoms with van der Waals surface area (Å²) < 4.78 is 2.43. The average molecular weight is 200 g/mol. The molecule has 0 aliphatic rings. The molecule has 0 unspecified atom stereocenters. The van der Waals surface area contributed by atoms with Crippen LogP contribution in [-0.4, -0.2) is 40.7 Å². The van der Waals surface area contributed by atoms with Crippen LogP contribution in [0, 0.1) is 0 Å². The molecule has 4 nitrogen and oxygen atoms in total. The molecule has 0 aliphatic heterocycles. The van der Waals surface area contributed by atoms with Crippen LogP contribution in [-0.2, 0) is 0 Å². The summed E-state index contributed by atoms with van der Waals surface area (Å²) in [6.07, 6.45) is 0. The first kappa shape index (κ1) is 9.32. The van der Waals surface area contributed by atoms with Crippen molar-refractivity contribution in [1.29, 1.82) is 0 Å². The fraction of sp³-hybridized carbons (Fsp3) is 1.00. The van der Waals surface area contributed by atoms with Gasteiger partial charge in [0.05, 0.1) is 25.4 Å². The van der Waals surface area contributed by atoms with Gasteiger partial charge in [-0.1, -0.05) is 0 Å². The predicted molar refractivity (Wildman–Crippen MR) is 36.1 cm³/mol. The molecule has 0 fully saturated rings. The van der Waals surface area contributed by atoms with E-state index in [1.165, 1.54) is 0 Å². The van der Waals surface area contributed by atoms with Crippen LogP contribution in [0.3, 0.4) is 0 Å². The van der Waals surface area contributed by atoms with E-state index in [2.05, 4.69) is 20.5 Å². The normalized spacial score (nSPS) is 12.0. The summed E-state index contributed by atoms with van der Waals surface area (Å²) in [5.74, 6) is 0. The zero-order valence-electron chi connectivity index (χ0n) is 4.84. The van der Waals surface area contributed by atoms with Crippen molar-refractivity contribution in [1.82, 2.24) is 4.34 Å². The van der Waals surface area contributed by atoms with Crippen molar-refractivity contribution in [3.63, 3.8) is 0 Å². The highest BCUT2D eigenvalue weighted by atomic mass is 79.9. The first-order valence-corrected chi connectivity index (χ1v) is 3.24. The van der Waals surface area contributed by atoms with E-state index >= 15 is 0 Å². The number of halogens is 1. The van der Waals surface area contributed by atoms with E-state index in [0.29, 0.717) is 0 Å². The SMILES string of the molecule is OCC(CO)(CO)NBr. The second kappa shape index (κ2) is 4.19. The molecule has 0 saturated heterocycles. The Kier molecular flexibility index (Phi) is 4.33. The maximum absolute atomic E-state index is 8.56. The van der Waals surface area contributed by atoms with Gasteiger partial charge in [0.2, 0.25) is 0 Å². The van der Waals surface area contributed by atoms with E-state index in [4.69, 9.17) is 15.3 Å². The monoisotopic (exact) mass is 199 g/mol. The van der Waals surface area contributed by atoms with Gasteiger partial charge in [-0.2, -0.15) is 0 Å². The summed E-state index contributed by atoms with van der Waals surface area (Å²) >= 11 is 2.82. The molecule has 0 aromatic heterocycles. The second-order valence-corrected chi connectivity index (χ2v) is 2.25. The van der Waals surface area contributed by atoms with Gasteiger partial charge in [0.15, 0.2) is 0 Å². The van der Waals surface area contributed by atoms with Crippen molar-refractivity contribution in [2.75, 3.05) is 19.8 Å². The Hall–Kier alpha value is 0.320. The highest BCUT2D eigenvalue weighted by Crippen LogP contribution is 2.02. The van der Waals surface area contributed by atoms with Crippen molar-refractivity contribution in [2.45, 2.75) is 5.54 Å². The van der Waals surface area contributed by atoms with Crippen molar-refractivity contribution in [2.24, 2.45) is 0 Å². The zero-order valence-corrected chi connectivity index (χ0v) is 6.43. The van der Waals surface area contributed by atoms with Gasteiger partial charge < -0.3 is 15.3 Å². The van der Waals surface area contributed by atoms with Gasteiger partial charge in [-0.15, -0.1) is 0 Å². The standard InChI is InChI=1S/C4H10BrNO3/c5-6-4(1-7,2-8)3-9/h6-9H,1-3H2. The fourth-order valence-electron chi connectivity index (χ4n) is 0.240. The molecular formula is C4H10BrNO3. The fourth-order valence-corrected chi connectivity index (χ4v) is 0.616. The number of aliphatic hydroxyl groups excluding tert-OH is 3. The first-order valence-electron chi connectivity index (χ1n) is 2.45. The van der Waals surface area contributed by atoms with Crippen LogP contribution in [0.25, 0.3) is 0 Å². The molecule has 0 rings (SSSR count). The minimum Gasteiger partial charge on any atom is -0.394 e. The van der Waals surface area contributed by atoms with E-state index < -0.39 is 5.54 Å². The van der Waals surface area contributed by atoms with Crippen LogP contribution in [0.15, 0.2) is 0 Å². The molecule has 0 radical (unpaired) electrons. The Labute approximate surface area is 61.8 Å². The van der Waals surface area contributed by atoms with Crippen molar-refractivity contribution in [3.05, 3.63) is 0 Å². The highest BCUT2D eigenvalue weighted by Gasteiger charge is 2.25. The average Bonchev–Trinajstić information content (AvgIpc) is 1.95. The molecule has 5 heteroatoms. The highest BCUT2D eigenvalue weighted by molar-refractivity contribution is 9.08. The quantitative estimate of drug-likeness (QED) is 0.421. The Balaban J connectivity index is 3.82. The van der Waals surface area contributed by atoms with E-state index in [0.717, 1.165) is 0 Å². The van der Waals surface area contributed by atoms with Gasteiger partial charge in [0, 0.05) is 16.1 Å². The number of rotatable bonds is 4. The van der Waals surface area contributed by atoms with Crippen molar-refractivity contribution < 1.29 is 15.3 Å². The van der Waals surface area contributed by atoms with Gasteiger partial charge in [0.1, 0.15) is 0 Å². The Bertz CT molecular complexity index is 58.7. The van der Waals surface area contributed by atoms with E-state index in [1.54, 1.807) is 0 Å². The maximum atomic E-state index is 8.56. The minimum absolute atomic E-state index is 0.314. The number of nitrogens with one attached hydrogen (secondary N) is 1. The summed E-state index contributed by atoms with van der Waals surface area (Å²) in [4.78, 5) is 0. The maximum Gasteiger partial charge on any atom is 0.0975 e. The summed E-state index contributed by atoms with van der Waals surface area (Å²) in [7, 11) is 0. The van der Waals surface area contributed by atoms with Gasteiger partial charge >= 0.3 is 0 Å². The van der Waals surface area contributed by atoms with Gasteiger partial charge in [-0.05, 0) is 0 Å². The van der Waals surface area contributed by atoms with Crippen LogP contribution in [0.4, 0.5) is 0 Å². The molecule has 4 N–H and O–H groups in total. The molecule has 0 atom stereocenters. The van der Waals surface area contributed by atoms with Crippen LogP contribution >= 0.6 is 16.1 Å². The van der Waals surface area contributed by atoms with Crippen LogP contribution < -0.4 is 4.34 Å². The lowest BCUT2D eigenvalue weighted by molar-refractivity contribution is 0.0615. The first-order chi connectivity index (χ1) is 4.24. The van der Waals surface area contributed by atoms with Gasteiger partial charge in [0.25, 0.3) is 0 Å². The van der Waals surface area contributed by atoms with E-state index in [-0.39, 0.29) is 19.8 Å². The third-order valence-electron chi connectivity index (χ3n) is 1.11. The Morgan fingerprint density at radius 1 is 1.11 bits per heavy atom. The molecule has 0 amide bonds. The predicted octanol–water partition coefficient (Wildman–Crippen LogP) is -1.40. The molecule has 0 spiro atoms. The molecule has 0 aliphatic carbocycles. The Morgan fingerprint density at radius 2 is 1.44 bits per heavy atom. The largest absolute Gasteiger partial charge is 0.394 e. The topological polar surface area (TPSA) is 72.7 Å². The summed E-state index contributed by atoms with van der Waals surface area (Å²) in [6.45, 7) is -0.943. The van der Waals surface area contributed by atoms with E-state index in [1.807, 2.05) is 0 Å². The molecule has 0 saturated carbocycles. The lowest BCUT2D eigenvalue weighted by Gasteiger charge is -2.24. The lowest BCUT2D eigenvalue weighted by Crippen LogP contribution is -2.50. The van der Waals surface area contributed by atoms with Gasteiger partial charge in [-0.3, -0.25) is 0 Å². The number of aliphatic hydroxyl groups is 3. The smallest absolute Gasteiger partial charge is 0.0975 e. The van der Waals surface area contributed by atoms with Crippen LogP contribution in [0.2, 0.25) is 0 Å². The minimum atomic E-state index is -1.00. The molecule has 0 bridgehead atoms. The molecule has 0 heterocycles. The van der Waals surface area contributed by atoms with E-state index in [9.17, 15) is 0 Å². The number of hydrogen-bond donors (Lipinski definition) is 4. The summed E-state index contributed by atoms with van der Waals surface area (Å²) in [5.41, 5.74) is -1.00. The third-order valence-corrected chi connectivity index (χ3v) is 1.95. The molecule has 56 valence electrons.